The highest BCUT2D eigenvalue weighted by atomic mass is 16.6. The molecule has 8 heteroatoms. The molecule has 0 saturated carbocycles. The van der Waals surface area contributed by atoms with E-state index in [9.17, 15) is 9.59 Å². The van der Waals surface area contributed by atoms with Gasteiger partial charge in [-0.25, -0.2) is 4.63 Å². The first kappa shape index (κ1) is 17.5. The van der Waals surface area contributed by atoms with Gasteiger partial charge in [0, 0.05) is 23.5 Å². The highest BCUT2D eigenvalue weighted by molar-refractivity contribution is 6.06. The summed E-state index contributed by atoms with van der Waals surface area (Å²) in [5, 5.41) is 10.3. The van der Waals surface area contributed by atoms with Gasteiger partial charge in [0.15, 0.2) is 5.76 Å². The number of aromatic nitrogens is 2. The molecule has 1 N–H and O–H groups in total. The summed E-state index contributed by atoms with van der Waals surface area (Å²) in [7, 11) is 0. The van der Waals surface area contributed by atoms with Crippen molar-refractivity contribution in [3.63, 3.8) is 0 Å². The smallest absolute Gasteiger partial charge is 0.293 e. The Balaban J connectivity index is 1.49. The first-order valence-corrected chi connectivity index (χ1v) is 8.65. The van der Waals surface area contributed by atoms with E-state index in [0.29, 0.717) is 34.5 Å². The minimum absolute atomic E-state index is 0.223. The van der Waals surface area contributed by atoms with Gasteiger partial charge in [0.25, 0.3) is 11.8 Å². The zero-order chi connectivity index (χ0) is 19.5. The number of nitrogens with zero attached hydrogens (tertiary/aromatic N) is 3. The maximum absolute atomic E-state index is 12.5. The van der Waals surface area contributed by atoms with Crippen LogP contribution in [0.1, 0.15) is 27.8 Å². The van der Waals surface area contributed by atoms with Crippen molar-refractivity contribution >= 4 is 34.2 Å². The van der Waals surface area contributed by atoms with Crippen LogP contribution in [0.5, 0.6) is 0 Å². The Labute approximate surface area is 159 Å². The van der Waals surface area contributed by atoms with Gasteiger partial charge < -0.3 is 14.6 Å². The highest BCUT2D eigenvalue weighted by Crippen LogP contribution is 2.21. The monoisotopic (exact) mass is 376 g/mol. The van der Waals surface area contributed by atoms with Crippen molar-refractivity contribution in [3.05, 3.63) is 72.2 Å². The molecule has 2 aromatic heterocycles. The first-order valence-electron chi connectivity index (χ1n) is 8.65. The highest BCUT2D eigenvalue weighted by Gasteiger charge is 2.18. The molecular formula is C20H16N4O4. The Morgan fingerprint density at radius 1 is 1.04 bits per heavy atom. The number of benzene rings is 2. The summed E-state index contributed by atoms with van der Waals surface area (Å²) in [6, 6.07) is 15.2. The summed E-state index contributed by atoms with van der Waals surface area (Å²) in [6.07, 6.45) is 1.46. The molecule has 0 atom stereocenters. The van der Waals surface area contributed by atoms with E-state index in [-0.39, 0.29) is 17.6 Å². The molecule has 28 heavy (non-hydrogen) atoms. The maximum atomic E-state index is 12.5. The number of amides is 2. The van der Waals surface area contributed by atoms with Crippen LogP contribution >= 0.6 is 0 Å². The van der Waals surface area contributed by atoms with Crippen LogP contribution in [0.4, 0.5) is 11.4 Å². The van der Waals surface area contributed by atoms with Crippen LogP contribution in [-0.2, 0) is 0 Å². The molecule has 0 fully saturated rings. The lowest BCUT2D eigenvalue weighted by Gasteiger charge is -2.20. The van der Waals surface area contributed by atoms with E-state index in [2.05, 4.69) is 20.3 Å². The second-order valence-corrected chi connectivity index (χ2v) is 6.00. The molecule has 0 unspecified atom stereocenters. The Kier molecular flexibility index (Phi) is 4.59. The third kappa shape index (κ3) is 3.35. The van der Waals surface area contributed by atoms with Crippen molar-refractivity contribution in [2.45, 2.75) is 6.92 Å². The van der Waals surface area contributed by atoms with Crippen LogP contribution in [0.2, 0.25) is 0 Å². The predicted octanol–water partition coefficient (Wildman–Crippen LogP) is 3.73. The summed E-state index contributed by atoms with van der Waals surface area (Å²) in [6.45, 7) is 2.36. The molecule has 0 bridgehead atoms. The second-order valence-electron chi connectivity index (χ2n) is 6.00. The average molecular weight is 376 g/mol. The molecule has 0 aliphatic rings. The van der Waals surface area contributed by atoms with Gasteiger partial charge in [-0.05, 0) is 71.8 Å². The number of nitrogens with one attached hydrogen (secondary N) is 1. The van der Waals surface area contributed by atoms with Gasteiger partial charge in [0.05, 0.1) is 6.26 Å². The van der Waals surface area contributed by atoms with Gasteiger partial charge in [0.2, 0.25) is 0 Å². The zero-order valence-electron chi connectivity index (χ0n) is 15.0. The average Bonchev–Trinajstić information content (AvgIpc) is 3.41. The molecule has 140 valence electrons. The topological polar surface area (TPSA) is 101 Å². The van der Waals surface area contributed by atoms with Crippen LogP contribution in [0.3, 0.4) is 0 Å². The molecule has 0 aliphatic heterocycles. The lowest BCUT2D eigenvalue weighted by Crippen LogP contribution is -2.30. The van der Waals surface area contributed by atoms with E-state index >= 15 is 0 Å². The van der Waals surface area contributed by atoms with Gasteiger partial charge in [-0.1, -0.05) is 0 Å². The fourth-order valence-corrected chi connectivity index (χ4v) is 2.83. The van der Waals surface area contributed by atoms with E-state index < -0.39 is 0 Å². The quantitative estimate of drug-likeness (QED) is 0.569. The fourth-order valence-electron chi connectivity index (χ4n) is 2.83. The van der Waals surface area contributed by atoms with Gasteiger partial charge >= 0.3 is 0 Å². The Morgan fingerprint density at radius 3 is 2.54 bits per heavy atom. The molecule has 4 aromatic rings. The zero-order valence-corrected chi connectivity index (χ0v) is 15.0. The summed E-state index contributed by atoms with van der Waals surface area (Å²) in [4.78, 5) is 26.6. The second kappa shape index (κ2) is 7.36. The molecule has 8 nitrogen and oxygen atoms in total. The van der Waals surface area contributed by atoms with Crippen molar-refractivity contribution in [3.8, 4) is 0 Å². The van der Waals surface area contributed by atoms with Crippen molar-refractivity contribution in [2.24, 2.45) is 0 Å². The molecule has 4 rings (SSSR count). The minimum atomic E-state index is -0.281. The van der Waals surface area contributed by atoms with Gasteiger partial charge in [-0.3, -0.25) is 9.59 Å². The molecule has 0 aliphatic carbocycles. The number of carbonyl (C=O) groups is 2. The molecule has 2 aromatic carbocycles. The normalized spacial score (nSPS) is 10.8. The number of rotatable bonds is 5. The van der Waals surface area contributed by atoms with Crippen LogP contribution in [-0.4, -0.2) is 28.7 Å². The minimum Gasteiger partial charge on any atom is -0.459 e. The van der Waals surface area contributed by atoms with E-state index in [1.807, 2.05) is 6.92 Å². The van der Waals surface area contributed by atoms with E-state index in [1.165, 1.54) is 6.26 Å². The summed E-state index contributed by atoms with van der Waals surface area (Å²) in [5.41, 5.74) is 2.85. The molecular weight excluding hydrogens is 360 g/mol. The maximum Gasteiger partial charge on any atom is 0.293 e. The molecule has 2 amide bonds. The number of fused-ring (bicyclic) bond motifs is 1. The number of hydrogen-bond acceptors (Lipinski definition) is 6. The summed E-state index contributed by atoms with van der Waals surface area (Å²) >= 11 is 0. The number of hydrogen-bond donors (Lipinski definition) is 1. The van der Waals surface area contributed by atoms with Gasteiger partial charge in [0.1, 0.15) is 11.0 Å². The third-order valence-corrected chi connectivity index (χ3v) is 4.25. The fraction of sp³-hybridized carbons (Fsp3) is 0.100. The Hall–Kier alpha value is -3.94. The Bertz CT molecular complexity index is 1120. The lowest BCUT2D eigenvalue weighted by molar-refractivity contribution is 0.0960. The Morgan fingerprint density at radius 2 is 1.82 bits per heavy atom. The molecule has 2 heterocycles. The van der Waals surface area contributed by atoms with Crippen molar-refractivity contribution in [1.82, 2.24) is 10.3 Å². The number of furan rings is 1. The molecule has 0 saturated heterocycles. The van der Waals surface area contributed by atoms with Crippen molar-refractivity contribution in [2.75, 3.05) is 16.8 Å². The van der Waals surface area contributed by atoms with Crippen LogP contribution in [0, 0.1) is 0 Å². The van der Waals surface area contributed by atoms with Crippen molar-refractivity contribution < 1.29 is 18.6 Å². The molecule has 0 radical (unpaired) electrons. The largest absolute Gasteiger partial charge is 0.459 e. The SMILES string of the molecule is CCN(C(=O)c1ccco1)c1ccc(NC(=O)c2ccc3nonc3c2)cc1. The predicted molar refractivity (Wildman–Crippen MR) is 102 cm³/mol. The summed E-state index contributed by atoms with van der Waals surface area (Å²) in [5.74, 6) is -0.229. The molecule has 0 spiro atoms. The van der Waals surface area contributed by atoms with Crippen molar-refractivity contribution in [1.29, 1.82) is 0 Å². The van der Waals surface area contributed by atoms with E-state index in [4.69, 9.17) is 4.42 Å². The lowest BCUT2D eigenvalue weighted by atomic mass is 10.1. The van der Waals surface area contributed by atoms with Gasteiger partial charge in [-0.2, -0.15) is 0 Å². The van der Waals surface area contributed by atoms with Crippen LogP contribution in [0.15, 0.2) is 69.9 Å². The summed E-state index contributed by atoms with van der Waals surface area (Å²) < 4.78 is 9.82. The number of anilines is 2. The first-order chi connectivity index (χ1) is 13.7. The van der Waals surface area contributed by atoms with E-state index in [0.717, 1.165) is 0 Å². The number of carbonyl (C=O) groups excluding carboxylic acids is 2. The third-order valence-electron chi connectivity index (χ3n) is 4.25. The van der Waals surface area contributed by atoms with Crippen LogP contribution in [0.25, 0.3) is 11.0 Å². The van der Waals surface area contributed by atoms with Gasteiger partial charge in [-0.15, -0.1) is 0 Å². The van der Waals surface area contributed by atoms with Crippen LogP contribution < -0.4 is 10.2 Å². The van der Waals surface area contributed by atoms with E-state index in [1.54, 1.807) is 59.5 Å². The standard InChI is InChI=1S/C20H16N4O4/c1-2-24(20(26)18-4-3-11-27-18)15-8-6-14(7-9-15)21-19(25)13-5-10-16-17(12-13)23-28-22-16/h3-12H,2H2,1H3,(H,21,25).